The van der Waals surface area contributed by atoms with Crippen molar-refractivity contribution in [3.05, 3.63) is 46.6 Å². The number of halogens is 1. The molecule has 1 aliphatic heterocycles. The molecular weight excluding hydrogens is 404 g/mol. The molecule has 1 aliphatic rings. The zero-order valence-electron chi connectivity index (χ0n) is 17.8. The van der Waals surface area contributed by atoms with Crippen molar-refractivity contribution in [2.75, 3.05) is 5.32 Å². The van der Waals surface area contributed by atoms with E-state index in [-0.39, 0.29) is 23.4 Å². The first kappa shape index (κ1) is 22.1. The Morgan fingerprint density at radius 2 is 2.00 bits per heavy atom. The molecule has 0 bridgehead atoms. The van der Waals surface area contributed by atoms with E-state index < -0.39 is 6.29 Å². The Morgan fingerprint density at radius 3 is 2.63 bits per heavy atom. The lowest BCUT2D eigenvalue weighted by Crippen LogP contribution is -2.53. The van der Waals surface area contributed by atoms with Gasteiger partial charge in [-0.1, -0.05) is 51.4 Å². The van der Waals surface area contributed by atoms with Gasteiger partial charge in [0.2, 0.25) is 5.91 Å². The van der Waals surface area contributed by atoms with Gasteiger partial charge in [-0.25, -0.2) is 9.48 Å². The second kappa shape index (κ2) is 9.06. The van der Waals surface area contributed by atoms with Crippen LogP contribution in [0.4, 0.5) is 10.6 Å². The van der Waals surface area contributed by atoms with Crippen molar-refractivity contribution >= 4 is 29.4 Å². The van der Waals surface area contributed by atoms with Gasteiger partial charge in [-0.05, 0) is 24.1 Å². The van der Waals surface area contributed by atoms with Crippen molar-refractivity contribution in [2.24, 2.45) is 0 Å². The molecule has 0 aliphatic carbocycles. The second-order valence-electron chi connectivity index (χ2n) is 8.49. The number of urea groups is 1. The van der Waals surface area contributed by atoms with Crippen molar-refractivity contribution < 1.29 is 9.59 Å². The Bertz CT molecular complexity index is 903. The highest BCUT2D eigenvalue weighted by atomic mass is 35.5. The summed E-state index contributed by atoms with van der Waals surface area (Å²) in [6, 6.07) is 8.81. The zero-order chi connectivity index (χ0) is 21.9. The Labute approximate surface area is 181 Å². The lowest BCUT2D eigenvalue weighted by Gasteiger charge is -2.32. The highest BCUT2D eigenvalue weighted by Gasteiger charge is 2.30. The van der Waals surface area contributed by atoms with E-state index in [0.717, 1.165) is 17.7 Å². The van der Waals surface area contributed by atoms with Crippen LogP contribution in [0.2, 0.25) is 5.02 Å². The van der Waals surface area contributed by atoms with Gasteiger partial charge >= 0.3 is 6.03 Å². The third-order valence-electron chi connectivity index (χ3n) is 4.97. The van der Waals surface area contributed by atoms with E-state index in [1.165, 1.54) is 0 Å². The van der Waals surface area contributed by atoms with Crippen LogP contribution in [0.15, 0.2) is 30.3 Å². The summed E-state index contributed by atoms with van der Waals surface area (Å²) in [5, 5.41) is 17.3. The molecule has 0 spiro atoms. The van der Waals surface area contributed by atoms with E-state index in [4.69, 9.17) is 11.6 Å². The van der Waals surface area contributed by atoms with Gasteiger partial charge < -0.3 is 10.6 Å². The first-order valence-electron chi connectivity index (χ1n) is 10.1. The maximum Gasteiger partial charge on any atom is 0.320 e. The third-order valence-corrected chi connectivity index (χ3v) is 5.22. The number of nitrogens with zero attached hydrogens (tertiary/aromatic N) is 2. The average Bonchev–Trinajstić information content (AvgIpc) is 3.11. The van der Waals surface area contributed by atoms with Crippen LogP contribution in [-0.2, 0) is 16.8 Å². The van der Waals surface area contributed by atoms with Gasteiger partial charge in [0.05, 0.1) is 5.69 Å². The molecule has 162 valence electrons. The lowest BCUT2D eigenvalue weighted by atomic mass is 9.92. The zero-order valence-corrected chi connectivity index (χ0v) is 18.5. The molecule has 9 heteroatoms. The minimum absolute atomic E-state index is 0.0449. The maximum atomic E-state index is 12.5. The molecule has 1 fully saturated rings. The quantitative estimate of drug-likeness (QED) is 0.581. The summed E-state index contributed by atoms with van der Waals surface area (Å²) in [5.74, 6) is 0.458. The number of hydrogen-bond acceptors (Lipinski definition) is 4. The lowest BCUT2D eigenvalue weighted by molar-refractivity contribution is -0.125. The largest absolute Gasteiger partial charge is 0.334 e. The number of benzene rings is 1. The van der Waals surface area contributed by atoms with Crippen molar-refractivity contribution in [3.8, 4) is 0 Å². The van der Waals surface area contributed by atoms with E-state index in [0.29, 0.717) is 23.8 Å². The van der Waals surface area contributed by atoms with Gasteiger partial charge in [0.25, 0.3) is 0 Å². The van der Waals surface area contributed by atoms with E-state index in [1.54, 1.807) is 16.8 Å². The molecule has 1 aromatic carbocycles. The Morgan fingerprint density at radius 1 is 1.30 bits per heavy atom. The molecule has 1 saturated heterocycles. The van der Waals surface area contributed by atoms with Crippen molar-refractivity contribution in [1.29, 1.82) is 0 Å². The van der Waals surface area contributed by atoms with Crippen LogP contribution in [0.1, 0.15) is 58.1 Å². The summed E-state index contributed by atoms with van der Waals surface area (Å²) in [5.41, 5.74) is 1.53. The summed E-state index contributed by atoms with van der Waals surface area (Å²) in [7, 11) is 0. The fourth-order valence-electron chi connectivity index (χ4n) is 3.15. The smallest absolute Gasteiger partial charge is 0.320 e. The second-order valence-corrected chi connectivity index (χ2v) is 8.93. The number of rotatable bonds is 5. The number of aromatic nitrogens is 2. The maximum absolute atomic E-state index is 12.5. The predicted octanol–water partition coefficient (Wildman–Crippen LogP) is 3.50. The van der Waals surface area contributed by atoms with Crippen LogP contribution in [0.5, 0.6) is 0 Å². The minimum atomic E-state index is -0.529. The first-order chi connectivity index (χ1) is 14.2. The monoisotopic (exact) mass is 432 g/mol. The standard InChI is InChI=1S/C21H29ClN6O2/c1-5-15-10-18(29)26-19(24-15)28-17(11-16(27-28)21(2,3)4)25-20(30)23-12-13-6-8-14(22)9-7-13/h6-9,11,15,19,24H,5,10,12H2,1-4H3,(H,26,29)(H2,23,25,30). The topological polar surface area (TPSA) is 100 Å². The number of hydrogen-bond donors (Lipinski definition) is 4. The van der Waals surface area contributed by atoms with Gasteiger partial charge in [0.1, 0.15) is 5.82 Å². The fourth-order valence-corrected chi connectivity index (χ4v) is 3.28. The van der Waals surface area contributed by atoms with Crippen LogP contribution in [0.25, 0.3) is 0 Å². The molecule has 0 saturated carbocycles. The summed E-state index contributed by atoms with van der Waals surface area (Å²) in [6.45, 7) is 8.53. The molecule has 2 heterocycles. The van der Waals surface area contributed by atoms with Gasteiger partial charge in [0, 0.05) is 35.5 Å². The van der Waals surface area contributed by atoms with E-state index in [1.807, 2.05) is 45.9 Å². The Balaban J connectivity index is 1.76. The molecule has 0 radical (unpaired) electrons. The highest BCUT2D eigenvalue weighted by molar-refractivity contribution is 6.30. The minimum Gasteiger partial charge on any atom is -0.334 e. The average molecular weight is 433 g/mol. The summed E-state index contributed by atoms with van der Waals surface area (Å²) >= 11 is 5.90. The summed E-state index contributed by atoms with van der Waals surface area (Å²) in [6.07, 6.45) is 0.714. The number of anilines is 1. The van der Waals surface area contributed by atoms with E-state index >= 15 is 0 Å². The molecular formula is C21H29ClN6O2. The molecule has 2 atom stereocenters. The number of nitrogens with one attached hydrogen (secondary N) is 4. The highest BCUT2D eigenvalue weighted by Crippen LogP contribution is 2.26. The molecule has 4 N–H and O–H groups in total. The molecule has 2 unspecified atom stereocenters. The van der Waals surface area contributed by atoms with Gasteiger partial charge in [-0.2, -0.15) is 5.10 Å². The van der Waals surface area contributed by atoms with Crippen molar-refractivity contribution in [3.63, 3.8) is 0 Å². The van der Waals surface area contributed by atoms with E-state index in [2.05, 4.69) is 26.4 Å². The summed E-state index contributed by atoms with van der Waals surface area (Å²) in [4.78, 5) is 24.7. The molecule has 1 aromatic heterocycles. The predicted molar refractivity (Wildman–Crippen MR) is 117 cm³/mol. The van der Waals surface area contributed by atoms with Crippen molar-refractivity contribution in [2.45, 2.75) is 64.8 Å². The molecule has 8 nitrogen and oxygen atoms in total. The van der Waals surface area contributed by atoms with Crippen LogP contribution < -0.4 is 21.3 Å². The number of carbonyl (C=O) groups excluding carboxylic acids is 2. The Kier molecular flexibility index (Phi) is 6.67. The van der Waals surface area contributed by atoms with Crippen LogP contribution >= 0.6 is 11.6 Å². The SMILES string of the molecule is CCC1CC(=O)NC(n2nc(C(C)(C)C)cc2NC(=O)NCc2ccc(Cl)cc2)N1. The van der Waals surface area contributed by atoms with Gasteiger partial charge in [-0.3, -0.25) is 15.4 Å². The molecule has 2 aromatic rings. The molecule has 30 heavy (non-hydrogen) atoms. The van der Waals surface area contributed by atoms with E-state index in [9.17, 15) is 9.59 Å². The first-order valence-corrected chi connectivity index (χ1v) is 10.5. The number of carbonyl (C=O) groups is 2. The van der Waals surface area contributed by atoms with Crippen LogP contribution in [-0.4, -0.2) is 27.8 Å². The van der Waals surface area contributed by atoms with Gasteiger partial charge in [-0.15, -0.1) is 0 Å². The van der Waals surface area contributed by atoms with Crippen molar-refractivity contribution in [1.82, 2.24) is 25.7 Å². The van der Waals surface area contributed by atoms with Gasteiger partial charge in [0.15, 0.2) is 6.29 Å². The fraction of sp³-hybridized carbons (Fsp3) is 0.476. The van der Waals surface area contributed by atoms with Crippen LogP contribution in [0, 0.1) is 0 Å². The molecule has 3 rings (SSSR count). The number of amides is 3. The third kappa shape index (κ3) is 5.52. The normalized spacial score (nSPS) is 19.3. The van der Waals surface area contributed by atoms with Crippen LogP contribution in [0.3, 0.4) is 0 Å². The Hall–Kier alpha value is -2.58. The molecule has 3 amide bonds. The summed E-state index contributed by atoms with van der Waals surface area (Å²) < 4.78 is 1.63.